The summed E-state index contributed by atoms with van der Waals surface area (Å²) < 4.78 is 64.7. The molecule has 1 N–H and O–H groups in total. The zero-order chi connectivity index (χ0) is 21.1. The third-order valence-electron chi connectivity index (χ3n) is 4.39. The number of hydrogen-bond acceptors (Lipinski definition) is 4. The van der Waals surface area contributed by atoms with Gasteiger partial charge >= 0.3 is 6.18 Å². The SMILES string of the molecule is O=C(N/N=C\c1cccc(C(F)(F)F)c1)c1cccc(S(=O)(=O)N2CCCC2)c1. The number of hydrazone groups is 1. The predicted octanol–water partition coefficient (Wildman–Crippen LogP) is 3.25. The summed E-state index contributed by atoms with van der Waals surface area (Å²) in [5.41, 5.74) is 1.60. The monoisotopic (exact) mass is 425 g/mol. The van der Waals surface area contributed by atoms with Crippen molar-refractivity contribution in [3.8, 4) is 0 Å². The summed E-state index contributed by atoms with van der Waals surface area (Å²) in [6.45, 7) is 0.889. The number of nitrogens with zero attached hydrogens (tertiary/aromatic N) is 2. The molecule has 6 nitrogen and oxygen atoms in total. The third-order valence-corrected chi connectivity index (χ3v) is 6.29. The van der Waals surface area contributed by atoms with E-state index < -0.39 is 27.7 Å². The molecular formula is C19H18F3N3O3S. The van der Waals surface area contributed by atoms with Crippen molar-refractivity contribution >= 4 is 22.1 Å². The maximum atomic E-state index is 12.7. The highest BCUT2D eigenvalue weighted by Gasteiger charge is 2.30. The molecule has 29 heavy (non-hydrogen) atoms. The molecule has 0 atom stereocenters. The zero-order valence-electron chi connectivity index (χ0n) is 15.2. The van der Waals surface area contributed by atoms with Gasteiger partial charge in [0.2, 0.25) is 10.0 Å². The smallest absolute Gasteiger partial charge is 0.267 e. The number of amides is 1. The van der Waals surface area contributed by atoms with Crippen LogP contribution in [0.25, 0.3) is 0 Å². The highest BCUT2D eigenvalue weighted by molar-refractivity contribution is 7.89. The van der Waals surface area contributed by atoms with Gasteiger partial charge in [-0.3, -0.25) is 4.79 Å². The number of benzene rings is 2. The lowest BCUT2D eigenvalue weighted by atomic mass is 10.1. The van der Waals surface area contributed by atoms with Gasteiger partial charge in [-0.1, -0.05) is 18.2 Å². The molecule has 1 heterocycles. The molecule has 0 aromatic heterocycles. The standard InChI is InChI=1S/C19H18F3N3O3S/c20-19(21,22)16-7-3-5-14(11-16)13-23-24-18(26)15-6-4-8-17(12-15)29(27,28)25-9-1-2-10-25/h3-8,11-13H,1-2,9-10H2,(H,24,26)/b23-13-. The van der Waals surface area contributed by atoms with E-state index in [0.29, 0.717) is 13.1 Å². The van der Waals surface area contributed by atoms with Crippen LogP contribution in [0.4, 0.5) is 13.2 Å². The van der Waals surface area contributed by atoms with Crippen LogP contribution in [0.3, 0.4) is 0 Å². The first-order valence-electron chi connectivity index (χ1n) is 8.79. The molecule has 1 amide bonds. The molecule has 3 rings (SSSR count). The van der Waals surface area contributed by atoms with Gasteiger partial charge in [-0.2, -0.15) is 22.6 Å². The predicted molar refractivity (Wildman–Crippen MR) is 101 cm³/mol. The van der Waals surface area contributed by atoms with Gasteiger partial charge in [0.05, 0.1) is 16.7 Å². The zero-order valence-corrected chi connectivity index (χ0v) is 16.0. The molecule has 1 saturated heterocycles. The first-order chi connectivity index (χ1) is 13.7. The van der Waals surface area contributed by atoms with Gasteiger partial charge in [0.1, 0.15) is 0 Å². The van der Waals surface area contributed by atoms with Crippen molar-refractivity contribution in [2.45, 2.75) is 23.9 Å². The molecule has 0 unspecified atom stereocenters. The molecule has 0 bridgehead atoms. The highest BCUT2D eigenvalue weighted by Crippen LogP contribution is 2.29. The Morgan fingerprint density at radius 3 is 2.45 bits per heavy atom. The van der Waals surface area contributed by atoms with Gasteiger partial charge in [-0.15, -0.1) is 0 Å². The lowest BCUT2D eigenvalue weighted by Crippen LogP contribution is -2.28. The number of nitrogens with one attached hydrogen (secondary N) is 1. The second-order valence-electron chi connectivity index (χ2n) is 6.46. The van der Waals surface area contributed by atoms with E-state index in [-0.39, 0.29) is 16.0 Å². The summed E-state index contributed by atoms with van der Waals surface area (Å²) in [4.78, 5) is 12.3. The summed E-state index contributed by atoms with van der Waals surface area (Å²) in [5, 5.41) is 3.66. The minimum atomic E-state index is -4.48. The van der Waals surface area contributed by atoms with Gasteiger partial charge in [-0.05, 0) is 48.7 Å². The normalized spacial score (nSPS) is 15.7. The Labute approximate surface area is 166 Å². The minimum absolute atomic E-state index is 0.00825. The number of sulfonamides is 1. The van der Waals surface area contributed by atoms with Gasteiger partial charge in [0, 0.05) is 18.7 Å². The average molecular weight is 425 g/mol. The Bertz CT molecular complexity index is 1030. The van der Waals surface area contributed by atoms with Crippen molar-refractivity contribution in [1.82, 2.24) is 9.73 Å². The maximum Gasteiger partial charge on any atom is 0.416 e. The summed E-state index contributed by atoms with van der Waals surface area (Å²) >= 11 is 0. The van der Waals surface area contributed by atoms with E-state index >= 15 is 0 Å². The minimum Gasteiger partial charge on any atom is -0.267 e. The van der Waals surface area contributed by atoms with Crippen molar-refractivity contribution in [2.75, 3.05) is 13.1 Å². The van der Waals surface area contributed by atoms with Crippen LogP contribution < -0.4 is 5.43 Å². The van der Waals surface area contributed by atoms with Crippen LogP contribution in [0.1, 0.15) is 34.3 Å². The largest absolute Gasteiger partial charge is 0.416 e. The Morgan fingerprint density at radius 1 is 1.07 bits per heavy atom. The fourth-order valence-corrected chi connectivity index (χ4v) is 4.46. The molecule has 2 aromatic rings. The Morgan fingerprint density at radius 2 is 1.76 bits per heavy atom. The van der Waals surface area contributed by atoms with E-state index in [1.165, 1.54) is 40.7 Å². The van der Waals surface area contributed by atoms with E-state index in [2.05, 4.69) is 10.5 Å². The lowest BCUT2D eigenvalue weighted by molar-refractivity contribution is -0.137. The second kappa shape index (κ2) is 8.34. The van der Waals surface area contributed by atoms with E-state index in [0.717, 1.165) is 31.2 Å². The van der Waals surface area contributed by atoms with Crippen molar-refractivity contribution in [3.63, 3.8) is 0 Å². The van der Waals surface area contributed by atoms with Crippen LogP contribution in [0.15, 0.2) is 58.5 Å². The number of carbonyl (C=O) groups excluding carboxylic acids is 1. The molecule has 154 valence electrons. The molecule has 1 aliphatic heterocycles. The van der Waals surface area contributed by atoms with Crippen LogP contribution in [-0.2, 0) is 16.2 Å². The Hall–Kier alpha value is -2.72. The van der Waals surface area contributed by atoms with Gasteiger partial charge in [0.25, 0.3) is 5.91 Å². The fourth-order valence-electron chi connectivity index (χ4n) is 2.90. The molecule has 0 spiro atoms. The third kappa shape index (κ3) is 5.01. The number of halogens is 3. The van der Waals surface area contributed by atoms with E-state index in [1.807, 2.05) is 0 Å². The van der Waals surface area contributed by atoms with Crippen LogP contribution in [-0.4, -0.2) is 37.9 Å². The lowest BCUT2D eigenvalue weighted by Gasteiger charge is -2.15. The molecule has 10 heteroatoms. The summed E-state index contributed by atoms with van der Waals surface area (Å²) in [7, 11) is -3.67. The fraction of sp³-hybridized carbons (Fsp3) is 0.263. The van der Waals surface area contributed by atoms with E-state index in [1.54, 1.807) is 0 Å². The van der Waals surface area contributed by atoms with Gasteiger partial charge in [-0.25, -0.2) is 13.8 Å². The van der Waals surface area contributed by atoms with Crippen molar-refractivity contribution in [2.24, 2.45) is 5.10 Å². The highest BCUT2D eigenvalue weighted by atomic mass is 32.2. The topological polar surface area (TPSA) is 78.8 Å². The van der Waals surface area contributed by atoms with Crippen molar-refractivity contribution in [3.05, 3.63) is 65.2 Å². The first kappa shape index (κ1) is 21.0. The maximum absolute atomic E-state index is 12.7. The average Bonchev–Trinajstić information content (AvgIpc) is 3.23. The molecule has 0 radical (unpaired) electrons. The second-order valence-corrected chi connectivity index (χ2v) is 8.40. The quantitative estimate of drug-likeness (QED) is 0.590. The summed E-state index contributed by atoms with van der Waals surface area (Å²) in [5.74, 6) is -0.674. The number of rotatable bonds is 5. The number of hydrogen-bond donors (Lipinski definition) is 1. The van der Waals surface area contributed by atoms with E-state index in [4.69, 9.17) is 0 Å². The molecule has 0 saturated carbocycles. The van der Waals surface area contributed by atoms with Crippen LogP contribution >= 0.6 is 0 Å². The Balaban J connectivity index is 1.71. The molecule has 2 aromatic carbocycles. The van der Waals surface area contributed by atoms with Crippen molar-refractivity contribution < 1.29 is 26.4 Å². The summed E-state index contributed by atoms with van der Waals surface area (Å²) in [6, 6.07) is 10.0. The van der Waals surface area contributed by atoms with Gasteiger partial charge in [0.15, 0.2) is 0 Å². The molecule has 1 aliphatic rings. The van der Waals surface area contributed by atoms with Crippen LogP contribution in [0, 0.1) is 0 Å². The summed E-state index contributed by atoms with van der Waals surface area (Å²) in [6.07, 6.45) is -1.81. The Kier molecular flexibility index (Phi) is 6.04. The molecular weight excluding hydrogens is 407 g/mol. The molecule has 1 fully saturated rings. The van der Waals surface area contributed by atoms with Crippen LogP contribution in [0.2, 0.25) is 0 Å². The van der Waals surface area contributed by atoms with E-state index in [9.17, 15) is 26.4 Å². The number of carbonyl (C=O) groups is 1. The van der Waals surface area contributed by atoms with Crippen LogP contribution in [0.5, 0.6) is 0 Å². The molecule has 0 aliphatic carbocycles. The number of alkyl halides is 3. The first-order valence-corrected chi connectivity index (χ1v) is 10.2. The van der Waals surface area contributed by atoms with Gasteiger partial charge < -0.3 is 0 Å². The van der Waals surface area contributed by atoms with Crippen molar-refractivity contribution in [1.29, 1.82) is 0 Å².